The molecule has 3 atom stereocenters. The Bertz CT molecular complexity index is 738. The standard InChI is InChI=1S/C32H63N2O6P/c1-6-8-10-12-14-16-18-20-22-24-26-32(36)33-30(29-40-41(37,38)39-28-27-34(3,4)5)31(35)25-23-21-19-17-15-13-11-9-7-2/h19,21,23,25,30-31,35H,6-18,20,22,24,26-29H2,1-5H3,(H-,33,36,37,38)/b21-19+,25-23+/t30-,31+/m0/s1. The molecule has 2 N–H and O–H groups in total. The number of hydrogen-bond donors (Lipinski definition) is 2. The molecule has 9 heteroatoms. The Kier molecular flexibility index (Phi) is 24.8. The maximum atomic E-state index is 12.6. The SMILES string of the molecule is CCCCCCC/C=C/C=C/[C@@H](O)[C@H](COP(=O)([O-])OCC[N+](C)(C)C)NC(=O)CCCCCCCCCCCC. The van der Waals surface area contributed by atoms with Crippen LogP contribution in [0.1, 0.15) is 123 Å². The molecule has 0 saturated heterocycles. The number of phosphoric acid groups is 1. The molecule has 0 aromatic carbocycles. The topological polar surface area (TPSA) is 108 Å². The van der Waals surface area contributed by atoms with Gasteiger partial charge in [0.05, 0.1) is 39.9 Å². The summed E-state index contributed by atoms with van der Waals surface area (Å²) in [5.74, 6) is -0.222. The molecule has 0 bridgehead atoms. The maximum Gasteiger partial charge on any atom is 0.268 e. The minimum Gasteiger partial charge on any atom is -0.756 e. The second-order valence-corrected chi connectivity index (χ2v) is 13.6. The number of aliphatic hydroxyl groups excluding tert-OH is 1. The molecule has 1 unspecified atom stereocenters. The Labute approximate surface area is 252 Å². The number of hydrogen-bond acceptors (Lipinski definition) is 6. The number of nitrogens with one attached hydrogen (secondary N) is 1. The third-order valence-electron chi connectivity index (χ3n) is 6.97. The highest BCUT2D eigenvalue weighted by atomic mass is 31.2. The van der Waals surface area contributed by atoms with Gasteiger partial charge in [-0.1, -0.05) is 122 Å². The van der Waals surface area contributed by atoms with Crippen LogP contribution >= 0.6 is 7.82 Å². The number of phosphoric ester groups is 1. The molecule has 0 fully saturated rings. The first-order chi connectivity index (χ1) is 19.5. The molecule has 0 spiro atoms. The summed E-state index contributed by atoms with van der Waals surface area (Å²) in [6.45, 7) is 4.51. The van der Waals surface area contributed by atoms with Gasteiger partial charge in [0, 0.05) is 6.42 Å². The molecule has 1 amide bonds. The Balaban J connectivity index is 4.72. The van der Waals surface area contributed by atoms with Crippen molar-refractivity contribution in [3.05, 3.63) is 24.3 Å². The van der Waals surface area contributed by atoms with Gasteiger partial charge in [0.2, 0.25) is 5.91 Å². The Morgan fingerprint density at radius 3 is 1.95 bits per heavy atom. The van der Waals surface area contributed by atoms with E-state index in [2.05, 4.69) is 25.2 Å². The minimum atomic E-state index is -4.57. The van der Waals surface area contributed by atoms with Crippen LogP contribution in [0.5, 0.6) is 0 Å². The molecule has 0 aliphatic carbocycles. The second kappa shape index (κ2) is 25.5. The van der Waals surface area contributed by atoms with Gasteiger partial charge in [-0.15, -0.1) is 0 Å². The van der Waals surface area contributed by atoms with Gasteiger partial charge in [-0.3, -0.25) is 9.36 Å². The van der Waals surface area contributed by atoms with Gasteiger partial charge in [0.1, 0.15) is 13.2 Å². The van der Waals surface area contributed by atoms with E-state index in [1.165, 1.54) is 70.6 Å². The van der Waals surface area contributed by atoms with Crippen LogP contribution in [0, 0.1) is 0 Å². The zero-order chi connectivity index (χ0) is 30.8. The lowest BCUT2D eigenvalue weighted by molar-refractivity contribution is -0.870. The van der Waals surface area contributed by atoms with Crippen molar-refractivity contribution in [2.75, 3.05) is 40.9 Å². The highest BCUT2D eigenvalue weighted by molar-refractivity contribution is 7.45. The molecule has 0 heterocycles. The van der Waals surface area contributed by atoms with E-state index in [0.29, 0.717) is 17.4 Å². The van der Waals surface area contributed by atoms with Crippen molar-refractivity contribution in [1.29, 1.82) is 0 Å². The van der Waals surface area contributed by atoms with E-state index in [4.69, 9.17) is 9.05 Å². The smallest absolute Gasteiger partial charge is 0.268 e. The average molecular weight is 603 g/mol. The fourth-order valence-corrected chi connectivity index (χ4v) is 4.99. The van der Waals surface area contributed by atoms with Crippen LogP contribution in [-0.2, 0) is 18.4 Å². The Hall–Kier alpha value is -1.02. The summed E-state index contributed by atoms with van der Waals surface area (Å²) in [6.07, 6.45) is 25.2. The van der Waals surface area contributed by atoms with Crippen molar-refractivity contribution in [1.82, 2.24) is 5.32 Å². The number of carbonyl (C=O) groups is 1. The molecule has 0 aliphatic rings. The van der Waals surface area contributed by atoms with Gasteiger partial charge in [0.15, 0.2) is 0 Å². The summed E-state index contributed by atoms with van der Waals surface area (Å²) >= 11 is 0. The highest BCUT2D eigenvalue weighted by Gasteiger charge is 2.23. The third-order valence-corrected chi connectivity index (χ3v) is 7.93. The summed E-state index contributed by atoms with van der Waals surface area (Å²) < 4.78 is 22.9. The molecule has 0 radical (unpaired) electrons. The summed E-state index contributed by atoms with van der Waals surface area (Å²) in [7, 11) is 1.23. The average Bonchev–Trinajstić information content (AvgIpc) is 2.90. The number of likely N-dealkylation sites (N-methyl/N-ethyl adjacent to an activating group) is 1. The van der Waals surface area contributed by atoms with Crippen LogP contribution in [0.4, 0.5) is 0 Å². The lowest BCUT2D eigenvalue weighted by Crippen LogP contribution is -2.45. The predicted molar refractivity (Wildman–Crippen MR) is 168 cm³/mol. The largest absolute Gasteiger partial charge is 0.756 e. The summed E-state index contributed by atoms with van der Waals surface area (Å²) in [5.41, 5.74) is 0. The lowest BCUT2D eigenvalue weighted by Gasteiger charge is -2.29. The number of quaternary nitrogens is 1. The van der Waals surface area contributed by atoms with Crippen LogP contribution < -0.4 is 10.2 Å². The second-order valence-electron chi connectivity index (χ2n) is 12.2. The van der Waals surface area contributed by atoms with Crippen LogP contribution in [0.25, 0.3) is 0 Å². The number of unbranched alkanes of at least 4 members (excludes halogenated alkanes) is 14. The van der Waals surface area contributed by atoms with Crippen molar-refractivity contribution in [3.8, 4) is 0 Å². The molecular weight excluding hydrogens is 539 g/mol. The first kappa shape index (κ1) is 40.0. The fraction of sp³-hybridized carbons (Fsp3) is 0.844. The maximum absolute atomic E-state index is 12.6. The van der Waals surface area contributed by atoms with Gasteiger partial charge in [-0.2, -0.15) is 0 Å². The molecule has 0 saturated carbocycles. The minimum absolute atomic E-state index is 0.00820. The summed E-state index contributed by atoms with van der Waals surface area (Å²) in [4.78, 5) is 24.9. The molecular formula is C32H63N2O6P. The van der Waals surface area contributed by atoms with E-state index in [1.807, 2.05) is 27.2 Å². The normalized spacial score (nSPS) is 15.4. The number of aliphatic hydroxyl groups is 1. The van der Waals surface area contributed by atoms with E-state index in [0.717, 1.165) is 32.1 Å². The van der Waals surface area contributed by atoms with Gasteiger partial charge in [-0.05, 0) is 19.3 Å². The van der Waals surface area contributed by atoms with Crippen LogP contribution in [0.3, 0.4) is 0 Å². The fourth-order valence-electron chi connectivity index (χ4n) is 4.27. The zero-order valence-electron chi connectivity index (χ0n) is 27.0. The van der Waals surface area contributed by atoms with E-state index >= 15 is 0 Å². The quantitative estimate of drug-likeness (QED) is 0.0440. The Morgan fingerprint density at radius 2 is 1.39 bits per heavy atom. The van der Waals surface area contributed by atoms with Crippen molar-refractivity contribution in [3.63, 3.8) is 0 Å². The monoisotopic (exact) mass is 602 g/mol. The van der Waals surface area contributed by atoms with Gasteiger partial charge < -0.3 is 28.8 Å². The van der Waals surface area contributed by atoms with Gasteiger partial charge in [0.25, 0.3) is 7.82 Å². The highest BCUT2D eigenvalue weighted by Crippen LogP contribution is 2.38. The predicted octanol–water partition coefficient (Wildman–Crippen LogP) is 6.82. The number of allylic oxidation sites excluding steroid dienone is 3. The number of nitrogens with zero attached hydrogens (tertiary/aromatic N) is 1. The Morgan fingerprint density at radius 1 is 0.854 bits per heavy atom. The molecule has 8 nitrogen and oxygen atoms in total. The van der Waals surface area contributed by atoms with Crippen LogP contribution in [0.2, 0.25) is 0 Å². The summed E-state index contributed by atoms with van der Waals surface area (Å²) in [6, 6.07) is -0.909. The van der Waals surface area contributed by atoms with E-state index in [-0.39, 0.29) is 12.5 Å². The molecule has 242 valence electrons. The molecule has 0 aromatic rings. The zero-order valence-corrected chi connectivity index (χ0v) is 27.9. The molecule has 0 aromatic heterocycles. The van der Waals surface area contributed by atoms with E-state index < -0.39 is 26.6 Å². The van der Waals surface area contributed by atoms with Crippen LogP contribution in [0.15, 0.2) is 24.3 Å². The number of rotatable bonds is 28. The van der Waals surface area contributed by atoms with Gasteiger partial charge >= 0.3 is 0 Å². The lowest BCUT2D eigenvalue weighted by atomic mass is 10.1. The molecule has 0 rings (SSSR count). The van der Waals surface area contributed by atoms with Crippen molar-refractivity contribution in [2.45, 2.75) is 135 Å². The van der Waals surface area contributed by atoms with Gasteiger partial charge in [-0.25, -0.2) is 0 Å². The number of amides is 1. The van der Waals surface area contributed by atoms with Crippen molar-refractivity contribution >= 4 is 13.7 Å². The van der Waals surface area contributed by atoms with Crippen molar-refractivity contribution in [2.24, 2.45) is 0 Å². The van der Waals surface area contributed by atoms with E-state index in [1.54, 1.807) is 12.2 Å². The number of carbonyl (C=O) groups excluding carboxylic acids is 1. The van der Waals surface area contributed by atoms with Crippen molar-refractivity contribution < 1.29 is 32.9 Å². The van der Waals surface area contributed by atoms with Crippen LogP contribution in [-0.4, -0.2) is 68.5 Å². The third kappa shape index (κ3) is 27.6. The van der Waals surface area contributed by atoms with E-state index in [9.17, 15) is 19.4 Å². The molecule has 41 heavy (non-hydrogen) atoms. The first-order valence-electron chi connectivity index (χ1n) is 16.2. The first-order valence-corrected chi connectivity index (χ1v) is 17.7. The summed E-state index contributed by atoms with van der Waals surface area (Å²) in [5, 5.41) is 13.5. The molecule has 0 aliphatic heterocycles.